The van der Waals surface area contributed by atoms with Gasteiger partial charge in [-0.2, -0.15) is 0 Å². The van der Waals surface area contributed by atoms with Crippen molar-refractivity contribution in [2.24, 2.45) is 0 Å². The van der Waals surface area contributed by atoms with Gasteiger partial charge in [-0.3, -0.25) is 4.79 Å². The summed E-state index contributed by atoms with van der Waals surface area (Å²) >= 11 is 0. The third kappa shape index (κ3) is 5.04. The van der Waals surface area contributed by atoms with E-state index in [4.69, 9.17) is 4.74 Å². The molecule has 0 unspecified atom stereocenters. The van der Waals surface area contributed by atoms with Crippen LogP contribution in [0.3, 0.4) is 0 Å². The van der Waals surface area contributed by atoms with Crippen LogP contribution in [0.1, 0.15) is 28.5 Å². The highest BCUT2D eigenvalue weighted by molar-refractivity contribution is 5.92. The molecule has 27 heavy (non-hydrogen) atoms. The molecule has 3 rings (SSSR count). The number of aryl methyl sites for hydroxylation is 1. The number of rotatable bonds is 7. The maximum atomic E-state index is 12.4. The van der Waals surface area contributed by atoms with E-state index in [-0.39, 0.29) is 5.91 Å². The molecule has 0 fully saturated rings. The zero-order chi connectivity index (χ0) is 19.1. The molecule has 138 valence electrons. The lowest BCUT2D eigenvalue weighted by molar-refractivity contribution is 0.0946. The van der Waals surface area contributed by atoms with Crippen LogP contribution >= 0.6 is 0 Å². The maximum Gasteiger partial charge on any atom is 0.270 e. The van der Waals surface area contributed by atoms with E-state index in [0.29, 0.717) is 30.5 Å². The first-order valence-corrected chi connectivity index (χ1v) is 8.81. The third-order valence-corrected chi connectivity index (χ3v) is 3.86. The van der Waals surface area contributed by atoms with Gasteiger partial charge >= 0.3 is 0 Å². The fourth-order valence-electron chi connectivity index (χ4n) is 2.61. The number of hydrogen-bond acceptors (Lipinski definition) is 5. The van der Waals surface area contributed by atoms with Gasteiger partial charge in [-0.05, 0) is 37.6 Å². The largest absolute Gasteiger partial charge is 0.492 e. The molecule has 2 N–H and O–H groups in total. The molecular formula is C21H22N4O2. The summed E-state index contributed by atoms with van der Waals surface area (Å²) in [6.07, 6.45) is 1.56. The van der Waals surface area contributed by atoms with Gasteiger partial charge in [0.15, 0.2) is 0 Å². The van der Waals surface area contributed by atoms with Crippen molar-refractivity contribution in [3.05, 3.63) is 77.6 Å². The van der Waals surface area contributed by atoms with Crippen molar-refractivity contribution >= 4 is 17.5 Å². The van der Waals surface area contributed by atoms with Gasteiger partial charge in [-0.15, -0.1) is 0 Å². The van der Waals surface area contributed by atoms with E-state index >= 15 is 0 Å². The minimum Gasteiger partial charge on any atom is -0.492 e. The summed E-state index contributed by atoms with van der Waals surface area (Å²) in [5.41, 5.74) is 3.25. The second-order valence-electron chi connectivity index (χ2n) is 5.99. The summed E-state index contributed by atoms with van der Waals surface area (Å²) in [6, 6.07) is 17.1. The van der Waals surface area contributed by atoms with E-state index in [1.165, 1.54) is 0 Å². The number of nitrogens with one attached hydrogen (secondary N) is 2. The molecule has 0 aliphatic rings. The molecule has 0 saturated carbocycles. The quantitative estimate of drug-likeness (QED) is 0.667. The molecule has 0 aliphatic carbocycles. The summed E-state index contributed by atoms with van der Waals surface area (Å²) in [5, 5.41) is 5.99. The van der Waals surface area contributed by atoms with Gasteiger partial charge in [0.1, 0.15) is 11.4 Å². The first-order chi connectivity index (χ1) is 13.2. The van der Waals surface area contributed by atoms with Crippen LogP contribution in [0.2, 0.25) is 0 Å². The molecule has 0 radical (unpaired) electrons. The van der Waals surface area contributed by atoms with Crippen molar-refractivity contribution in [2.45, 2.75) is 20.4 Å². The van der Waals surface area contributed by atoms with Crippen LogP contribution in [0.15, 0.2) is 60.8 Å². The lowest BCUT2D eigenvalue weighted by Crippen LogP contribution is -2.24. The van der Waals surface area contributed by atoms with Crippen molar-refractivity contribution in [2.75, 3.05) is 11.9 Å². The highest BCUT2D eigenvalue weighted by Gasteiger charge is 2.10. The Bertz CT molecular complexity index is 927. The molecule has 0 bridgehead atoms. The molecule has 0 saturated heterocycles. The standard InChI is InChI=1S/C21H22N4O2/c1-3-27-19-10-5-4-9-17(19)24-21-22-12-11-18(25-21)20(26)23-14-16-8-6-7-15(2)13-16/h4-13H,3,14H2,1-2H3,(H,23,26)(H,22,24,25). The third-order valence-electron chi connectivity index (χ3n) is 3.86. The van der Waals surface area contributed by atoms with E-state index < -0.39 is 0 Å². The lowest BCUT2D eigenvalue weighted by atomic mass is 10.1. The molecule has 0 aliphatic heterocycles. The number of aromatic nitrogens is 2. The van der Waals surface area contributed by atoms with Crippen LogP contribution in [0.25, 0.3) is 0 Å². The number of ether oxygens (including phenoxy) is 1. The van der Waals surface area contributed by atoms with Gasteiger partial charge < -0.3 is 15.4 Å². The van der Waals surface area contributed by atoms with Crippen LogP contribution in [-0.2, 0) is 6.54 Å². The number of hydrogen-bond donors (Lipinski definition) is 2. The molecule has 1 aromatic heterocycles. The first kappa shape index (κ1) is 18.4. The normalized spacial score (nSPS) is 10.3. The average molecular weight is 362 g/mol. The highest BCUT2D eigenvalue weighted by Crippen LogP contribution is 2.25. The van der Waals surface area contributed by atoms with E-state index in [1.807, 2.05) is 62.4 Å². The lowest BCUT2D eigenvalue weighted by Gasteiger charge is -2.11. The van der Waals surface area contributed by atoms with Gasteiger partial charge in [-0.25, -0.2) is 9.97 Å². The summed E-state index contributed by atoms with van der Waals surface area (Å²) in [6.45, 7) is 4.95. The Balaban J connectivity index is 1.69. The van der Waals surface area contributed by atoms with Crippen LogP contribution in [-0.4, -0.2) is 22.5 Å². The molecule has 6 nitrogen and oxygen atoms in total. The number of benzene rings is 2. The van der Waals surface area contributed by atoms with E-state index in [9.17, 15) is 4.79 Å². The second kappa shape index (κ2) is 8.80. The summed E-state index contributed by atoms with van der Waals surface area (Å²) < 4.78 is 5.59. The van der Waals surface area contributed by atoms with Crippen LogP contribution in [0.5, 0.6) is 5.75 Å². The van der Waals surface area contributed by atoms with Crippen molar-refractivity contribution in [3.63, 3.8) is 0 Å². The summed E-state index contributed by atoms with van der Waals surface area (Å²) in [5.74, 6) is 0.795. The fraction of sp³-hybridized carbons (Fsp3) is 0.190. The number of nitrogens with zero attached hydrogens (tertiary/aromatic N) is 2. The number of anilines is 2. The van der Waals surface area contributed by atoms with Crippen LogP contribution in [0.4, 0.5) is 11.6 Å². The second-order valence-corrected chi connectivity index (χ2v) is 5.99. The molecule has 3 aromatic rings. The first-order valence-electron chi connectivity index (χ1n) is 8.81. The number of carbonyl (C=O) groups is 1. The van der Waals surface area contributed by atoms with Gasteiger partial charge in [0.2, 0.25) is 5.95 Å². The summed E-state index contributed by atoms with van der Waals surface area (Å²) in [4.78, 5) is 20.9. The highest BCUT2D eigenvalue weighted by atomic mass is 16.5. The van der Waals surface area contributed by atoms with Gasteiger partial charge in [-0.1, -0.05) is 42.0 Å². The minimum atomic E-state index is -0.250. The van der Waals surface area contributed by atoms with Gasteiger partial charge in [0.25, 0.3) is 5.91 Å². The Labute approximate surface area is 158 Å². The Hall–Kier alpha value is -3.41. The molecular weight excluding hydrogens is 340 g/mol. The minimum absolute atomic E-state index is 0.250. The zero-order valence-corrected chi connectivity index (χ0v) is 15.4. The fourth-order valence-corrected chi connectivity index (χ4v) is 2.61. The Kier molecular flexibility index (Phi) is 5.99. The molecule has 1 heterocycles. The van der Waals surface area contributed by atoms with E-state index in [1.54, 1.807) is 12.3 Å². The van der Waals surface area contributed by atoms with Crippen LogP contribution < -0.4 is 15.4 Å². The zero-order valence-electron chi connectivity index (χ0n) is 15.4. The Morgan fingerprint density at radius 3 is 2.78 bits per heavy atom. The summed E-state index contributed by atoms with van der Waals surface area (Å²) in [7, 11) is 0. The molecule has 0 spiro atoms. The topological polar surface area (TPSA) is 76.1 Å². The number of carbonyl (C=O) groups excluding carboxylic acids is 1. The monoisotopic (exact) mass is 362 g/mol. The molecule has 0 atom stereocenters. The average Bonchev–Trinajstić information content (AvgIpc) is 2.68. The SMILES string of the molecule is CCOc1ccccc1Nc1nccc(C(=O)NCc2cccc(C)c2)n1. The number of amides is 1. The molecule has 1 amide bonds. The maximum absolute atomic E-state index is 12.4. The predicted octanol–water partition coefficient (Wildman–Crippen LogP) is 3.86. The molecule has 6 heteroatoms. The van der Waals surface area contributed by atoms with E-state index in [0.717, 1.165) is 16.8 Å². The van der Waals surface area contributed by atoms with Crippen LogP contribution in [0, 0.1) is 6.92 Å². The van der Waals surface area contributed by atoms with Gasteiger partial charge in [0, 0.05) is 12.7 Å². The Morgan fingerprint density at radius 2 is 1.96 bits per heavy atom. The smallest absolute Gasteiger partial charge is 0.270 e. The van der Waals surface area contributed by atoms with Crippen molar-refractivity contribution < 1.29 is 9.53 Å². The van der Waals surface area contributed by atoms with E-state index in [2.05, 4.69) is 20.6 Å². The molecule has 2 aromatic carbocycles. The Morgan fingerprint density at radius 1 is 1.11 bits per heavy atom. The van der Waals surface area contributed by atoms with Crippen molar-refractivity contribution in [1.82, 2.24) is 15.3 Å². The predicted molar refractivity (Wildman–Crippen MR) is 105 cm³/mol. The van der Waals surface area contributed by atoms with Crippen molar-refractivity contribution in [1.29, 1.82) is 0 Å². The van der Waals surface area contributed by atoms with Crippen molar-refractivity contribution in [3.8, 4) is 5.75 Å². The number of para-hydroxylation sites is 2. The van der Waals surface area contributed by atoms with Gasteiger partial charge in [0.05, 0.1) is 12.3 Å².